The molecule has 0 amide bonds. The molecule has 8 rings (SSSR count). The second kappa shape index (κ2) is 8.06. The Kier molecular flexibility index (Phi) is 4.95. The van der Waals surface area contributed by atoms with E-state index in [1.165, 1.54) is 74.1 Å². The average molecular weight is 484 g/mol. The summed E-state index contributed by atoms with van der Waals surface area (Å²) in [4.78, 5) is 5.77. The van der Waals surface area contributed by atoms with Gasteiger partial charge in [-0.3, -0.25) is 4.90 Å². The second-order valence-corrected chi connectivity index (χ2v) is 13.0. The van der Waals surface area contributed by atoms with Crippen LogP contribution in [-0.4, -0.2) is 54.4 Å². The lowest BCUT2D eigenvalue weighted by molar-refractivity contribution is -0.179. The van der Waals surface area contributed by atoms with Gasteiger partial charge in [-0.15, -0.1) is 0 Å². The van der Waals surface area contributed by atoms with E-state index in [1.54, 1.807) is 0 Å². The van der Waals surface area contributed by atoms with Gasteiger partial charge in [-0.25, -0.2) is 0 Å². The summed E-state index contributed by atoms with van der Waals surface area (Å²) < 4.78 is 7.13. The van der Waals surface area contributed by atoms with Crippen molar-refractivity contribution >= 4 is 11.4 Å². The monoisotopic (exact) mass is 483 g/mol. The van der Waals surface area contributed by atoms with Crippen molar-refractivity contribution < 1.29 is 4.74 Å². The molecule has 2 saturated carbocycles. The van der Waals surface area contributed by atoms with Crippen LogP contribution in [0, 0.1) is 11.8 Å². The van der Waals surface area contributed by atoms with Crippen molar-refractivity contribution in [3.63, 3.8) is 0 Å². The molecule has 4 nitrogen and oxygen atoms in total. The maximum absolute atomic E-state index is 7.13. The first-order valence-corrected chi connectivity index (χ1v) is 14.7. The van der Waals surface area contributed by atoms with E-state index in [9.17, 15) is 0 Å². The topological polar surface area (TPSA) is 27.7 Å². The van der Waals surface area contributed by atoms with Crippen LogP contribution in [0.2, 0.25) is 0 Å². The number of ether oxygens (including phenoxy) is 1. The van der Waals surface area contributed by atoms with Crippen LogP contribution in [0.15, 0.2) is 48.5 Å². The van der Waals surface area contributed by atoms with Gasteiger partial charge in [-0.05, 0) is 86.7 Å². The second-order valence-electron chi connectivity index (χ2n) is 13.0. The van der Waals surface area contributed by atoms with Crippen LogP contribution in [-0.2, 0) is 10.2 Å². The highest BCUT2D eigenvalue weighted by Crippen LogP contribution is 2.54. The molecule has 8 unspecified atom stereocenters. The van der Waals surface area contributed by atoms with Gasteiger partial charge >= 0.3 is 0 Å². The number of morpholine rings is 1. The number of hydrogen-bond donors (Lipinski definition) is 1. The normalized spacial score (nSPS) is 40.4. The van der Waals surface area contributed by atoms with E-state index in [2.05, 4.69) is 77.5 Å². The molecule has 4 heterocycles. The van der Waals surface area contributed by atoms with Gasteiger partial charge in [0.05, 0.1) is 12.2 Å². The molecule has 2 aliphatic carbocycles. The Balaban J connectivity index is 1.15. The standard InChI is InChI=1S/C32H41N3O/c1-32(2)23-9-3-5-11-26(23)34(27-12-6-4-10-24(27)32)20-14-15-28-30(18-20)36-29-13-7-8-21-22-19-33-17-16-25(22)35(28)31(21)29/h3-6,9-12,20-22,25,28-31,33H,7-8,13-19H2,1-2H3. The molecule has 36 heavy (non-hydrogen) atoms. The summed E-state index contributed by atoms with van der Waals surface area (Å²) in [7, 11) is 0. The number of benzene rings is 2. The average Bonchev–Trinajstić information content (AvgIpc) is 3.25. The van der Waals surface area contributed by atoms with Crippen LogP contribution >= 0.6 is 0 Å². The molecule has 3 saturated heterocycles. The van der Waals surface area contributed by atoms with Crippen molar-refractivity contribution in [3.05, 3.63) is 59.7 Å². The molecular weight excluding hydrogens is 442 g/mol. The Bertz CT molecular complexity index is 1110. The van der Waals surface area contributed by atoms with Gasteiger partial charge in [0.1, 0.15) is 0 Å². The molecule has 4 aliphatic heterocycles. The molecule has 190 valence electrons. The number of fused-ring (bicyclic) bond motifs is 7. The number of piperidine rings is 1. The molecule has 0 bridgehead atoms. The maximum atomic E-state index is 7.13. The van der Waals surface area contributed by atoms with Crippen LogP contribution in [0.4, 0.5) is 11.4 Å². The first kappa shape index (κ1) is 22.1. The lowest BCUT2D eigenvalue weighted by Crippen LogP contribution is -2.65. The largest absolute Gasteiger partial charge is 0.372 e. The van der Waals surface area contributed by atoms with E-state index >= 15 is 0 Å². The van der Waals surface area contributed by atoms with Crippen LogP contribution < -0.4 is 10.2 Å². The van der Waals surface area contributed by atoms with E-state index < -0.39 is 0 Å². The molecule has 5 fully saturated rings. The van der Waals surface area contributed by atoms with Crippen molar-refractivity contribution in [2.75, 3.05) is 18.0 Å². The Morgan fingerprint density at radius 1 is 0.806 bits per heavy atom. The summed E-state index contributed by atoms with van der Waals surface area (Å²) in [5.74, 6) is 1.69. The molecule has 0 spiro atoms. The molecule has 6 aliphatic rings. The zero-order valence-corrected chi connectivity index (χ0v) is 21.9. The van der Waals surface area contributed by atoms with E-state index in [1.807, 2.05) is 0 Å². The van der Waals surface area contributed by atoms with Gasteiger partial charge in [0.2, 0.25) is 0 Å². The van der Waals surface area contributed by atoms with Crippen molar-refractivity contribution in [2.24, 2.45) is 11.8 Å². The summed E-state index contributed by atoms with van der Waals surface area (Å²) in [6, 6.07) is 20.9. The van der Waals surface area contributed by atoms with Crippen molar-refractivity contribution in [1.82, 2.24) is 10.2 Å². The number of anilines is 2. The summed E-state index contributed by atoms with van der Waals surface area (Å²) >= 11 is 0. The first-order chi connectivity index (χ1) is 17.6. The Morgan fingerprint density at radius 3 is 2.33 bits per heavy atom. The fraction of sp³-hybridized carbons (Fsp3) is 0.625. The Hall–Kier alpha value is -1.88. The maximum Gasteiger partial charge on any atom is 0.0754 e. The minimum atomic E-state index is 0.0200. The van der Waals surface area contributed by atoms with Gasteiger partial charge in [0, 0.05) is 41.0 Å². The summed E-state index contributed by atoms with van der Waals surface area (Å²) in [5, 5.41) is 3.74. The van der Waals surface area contributed by atoms with Gasteiger partial charge in [0.15, 0.2) is 0 Å². The van der Waals surface area contributed by atoms with Gasteiger partial charge in [-0.2, -0.15) is 0 Å². The number of rotatable bonds is 1. The number of nitrogens with zero attached hydrogens (tertiary/aromatic N) is 2. The fourth-order valence-electron chi connectivity index (χ4n) is 9.70. The highest BCUT2D eigenvalue weighted by Gasteiger charge is 2.60. The Morgan fingerprint density at radius 2 is 1.56 bits per heavy atom. The lowest BCUT2D eigenvalue weighted by atomic mass is 9.72. The third-order valence-electron chi connectivity index (χ3n) is 11.1. The SMILES string of the molecule is CC1(C)c2ccccc2N(C2CCC3C(C2)OC2CCCC4C5CNCCC5N3C24)c2ccccc21. The molecule has 2 aromatic rings. The molecule has 0 radical (unpaired) electrons. The zero-order chi connectivity index (χ0) is 24.0. The predicted octanol–water partition coefficient (Wildman–Crippen LogP) is 5.61. The minimum Gasteiger partial charge on any atom is -0.372 e. The van der Waals surface area contributed by atoms with Crippen molar-refractivity contribution in [3.8, 4) is 0 Å². The summed E-state index contributed by atoms with van der Waals surface area (Å²) in [6.45, 7) is 7.21. The first-order valence-electron chi connectivity index (χ1n) is 14.7. The zero-order valence-electron chi connectivity index (χ0n) is 21.9. The number of nitrogens with one attached hydrogen (secondary N) is 1. The molecule has 0 aromatic heterocycles. The predicted molar refractivity (Wildman–Crippen MR) is 145 cm³/mol. The fourth-order valence-corrected chi connectivity index (χ4v) is 9.70. The van der Waals surface area contributed by atoms with E-state index in [0.717, 1.165) is 24.3 Å². The summed E-state index contributed by atoms with van der Waals surface area (Å²) in [5.41, 5.74) is 5.77. The highest BCUT2D eigenvalue weighted by atomic mass is 16.5. The molecule has 8 atom stereocenters. The van der Waals surface area contributed by atoms with Gasteiger partial charge < -0.3 is 15.0 Å². The lowest BCUT2D eigenvalue weighted by Gasteiger charge is -2.56. The molecular formula is C32H41N3O. The highest BCUT2D eigenvalue weighted by molar-refractivity contribution is 5.78. The molecule has 4 heteroatoms. The van der Waals surface area contributed by atoms with Crippen LogP contribution in [0.5, 0.6) is 0 Å². The molecule has 1 N–H and O–H groups in total. The van der Waals surface area contributed by atoms with Crippen LogP contribution in [0.1, 0.15) is 69.9 Å². The van der Waals surface area contributed by atoms with E-state index in [-0.39, 0.29) is 5.41 Å². The van der Waals surface area contributed by atoms with Gasteiger partial charge in [0.25, 0.3) is 0 Å². The number of para-hydroxylation sites is 2. The molecule has 2 aromatic carbocycles. The third-order valence-corrected chi connectivity index (χ3v) is 11.1. The Labute approximate surface area is 216 Å². The van der Waals surface area contributed by atoms with E-state index in [4.69, 9.17) is 4.74 Å². The van der Waals surface area contributed by atoms with Crippen molar-refractivity contribution in [2.45, 2.75) is 101 Å². The van der Waals surface area contributed by atoms with Crippen LogP contribution in [0.3, 0.4) is 0 Å². The minimum absolute atomic E-state index is 0.0200. The number of hydrogen-bond acceptors (Lipinski definition) is 4. The van der Waals surface area contributed by atoms with Gasteiger partial charge in [-0.1, -0.05) is 56.7 Å². The smallest absolute Gasteiger partial charge is 0.0754 e. The quantitative estimate of drug-likeness (QED) is 0.570. The van der Waals surface area contributed by atoms with Crippen LogP contribution in [0.25, 0.3) is 0 Å². The van der Waals surface area contributed by atoms with Crippen molar-refractivity contribution in [1.29, 1.82) is 0 Å². The third kappa shape index (κ3) is 2.98. The van der Waals surface area contributed by atoms with E-state index in [0.29, 0.717) is 30.3 Å². The summed E-state index contributed by atoms with van der Waals surface area (Å²) in [6.07, 6.45) is 9.86.